The van der Waals surface area contributed by atoms with Gasteiger partial charge in [-0.05, 0) is 55.7 Å². The molecule has 1 aromatic carbocycles. The van der Waals surface area contributed by atoms with Gasteiger partial charge < -0.3 is 4.98 Å². The molecular formula is C13H15Cl2N3O. The molecule has 0 unspecified atom stereocenters. The first kappa shape index (κ1) is 13.0. The fraction of sp³-hybridized carbons (Fsp3) is 0.462. The summed E-state index contributed by atoms with van der Waals surface area (Å²) in [5, 5.41) is 0.649. The highest BCUT2D eigenvalue weighted by Crippen LogP contribution is 2.30. The lowest BCUT2D eigenvalue weighted by atomic mass is 9.91. The van der Waals surface area contributed by atoms with Gasteiger partial charge in [0.2, 0.25) is 0 Å². The second kappa shape index (κ2) is 5.19. The third kappa shape index (κ3) is 2.40. The van der Waals surface area contributed by atoms with Gasteiger partial charge >= 0.3 is 5.69 Å². The molecule has 19 heavy (non-hydrogen) atoms. The molecule has 0 spiro atoms. The first-order valence-electron chi connectivity index (χ1n) is 6.45. The van der Waals surface area contributed by atoms with Crippen LogP contribution in [-0.4, -0.2) is 15.6 Å². The smallest absolute Gasteiger partial charge is 0.306 e. The van der Waals surface area contributed by atoms with E-state index < -0.39 is 0 Å². The zero-order valence-corrected chi connectivity index (χ0v) is 11.8. The maximum absolute atomic E-state index is 12.1. The molecule has 0 aliphatic heterocycles. The van der Waals surface area contributed by atoms with Crippen molar-refractivity contribution in [3.05, 3.63) is 33.7 Å². The highest BCUT2D eigenvalue weighted by Gasteiger charge is 2.24. The predicted molar refractivity (Wildman–Crippen MR) is 77.9 cm³/mol. The lowest BCUT2D eigenvalue weighted by molar-refractivity contribution is 0.314. The molecular weight excluding hydrogens is 285 g/mol. The third-order valence-corrected chi connectivity index (χ3v) is 4.44. The van der Waals surface area contributed by atoms with Crippen LogP contribution in [0.25, 0.3) is 11.0 Å². The minimum absolute atomic E-state index is 0.0560. The largest absolute Gasteiger partial charge is 0.326 e. The Kier molecular flexibility index (Phi) is 3.56. The molecule has 2 N–H and O–H groups in total. The third-order valence-electron chi connectivity index (χ3n) is 3.90. The summed E-state index contributed by atoms with van der Waals surface area (Å²) in [7, 11) is 0. The maximum atomic E-state index is 12.1. The molecule has 2 aromatic rings. The van der Waals surface area contributed by atoms with Crippen LogP contribution in [-0.2, 0) is 0 Å². The van der Waals surface area contributed by atoms with Gasteiger partial charge in [0.05, 0.1) is 11.0 Å². The minimum Gasteiger partial charge on any atom is -0.306 e. The number of hydrogen-bond donors (Lipinski definition) is 2. The van der Waals surface area contributed by atoms with Crippen molar-refractivity contribution in [2.75, 3.05) is 0 Å². The quantitative estimate of drug-likeness (QED) is 0.837. The molecule has 0 radical (unpaired) electrons. The fourth-order valence-electron chi connectivity index (χ4n) is 2.90. The van der Waals surface area contributed by atoms with Crippen molar-refractivity contribution in [1.29, 1.82) is 0 Å². The molecule has 0 atom stereocenters. The molecule has 0 saturated heterocycles. The Morgan fingerprint density at radius 2 is 2.00 bits per heavy atom. The first-order valence-corrected chi connectivity index (χ1v) is 7.20. The normalized spacial score (nSPS) is 23.9. The van der Waals surface area contributed by atoms with E-state index in [-0.39, 0.29) is 11.7 Å². The van der Waals surface area contributed by atoms with E-state index in [0.717, 1.165) is 36.7 Å². The number of fused-ring (bicyclic) bond motifs is 1. The molecule has 4 nitrogen and oxygen atoms in total. The summed E-state index contributed by atoms with van der Waals surface area (Å²) >= 11 is 11.7. The number of rotatable bonds is 2. The van der Waals surface area contributed by atoms with Gasteiger partial charge in [-0.15, -0.1) is 0 Å². The van der Waals surface area contributed by atoms with Crippen LogP contribution in [0.4, 0.5) is 0 Å². The molecule has 0 bridgehead atoms. The fourth-order valence-corrected chi connectivity index (χ4v) is 3.28. The van der Waals surface area contributed by atoms with Crippen molar-refractivity contribution in [2.24, 2.45) is 0 Å². The van der Waals surface area contributed by atoms with Crippen molar-refractivity contribution >= 4 is 34.4 Å². The maximum Gasteiger partial charge on any atom is 0.326 e. The number of hydrogen-bond acceptors (Lipinski definition) is 2. The van der Waals surface area contributed by atoms with Gasteiger partial charge in [0.1, 0.15) is 0 Å². The summed E-state index contributed by atoms with van der Waals surface area (Å²) in [6.45, 7) is 0. The van der Waals surface area contributed by atoms with E-state index in [1.807, 2.05) is 16.7 Å². The topological polar surface area (TPSA) is 49.8 Å². The molecule has 102 valence electrons. The summed E-state index contributed by atoms with van der Waals surface area (Å²) in [4.78, 5) is 17.8. The van der Waals surface area contributed by atoms with Crippen LogP contribution in [0.5, 0.6) is 0 Å². The summed E-state index contributed by atoms with van der Waals surface area (Å²) in [6.07, 6.45) is 3.86. The Labute approximate surface area is 120 Å². The van der Waals surface area contributed by atoms with Crippen LogP contribution in [0.2, 0.25) is 5.02 Å². The molecule has 3 rings (SSSR count). The SMILES string of the molecule is O=c1[nH]c2ccc(Cl)cc2n1C1CCC(NCl)CC1. The van der Waals surface area contributed by atoms with Crippen molar-refractivity contribution in [3.8, 4) is 0 Å². The number of nitrogens with zero attached hydrogens (tertiary/aromatic N) is 1. The zero-order valence-electron chi connectivity index (χ0n) is 10.3. The van der Waals surface area contributed by atoms with Gasteiger partial charge in [0.15, 0.2) is 0 Å². The Bertz CT molecular complexity index is 641. The number of aromatic amines is 1. The van der Waals surface area contributed by atoms with E-state index in [2.05, 4.69) is 9.82 Å². The monoisotopic (exact) mass is 299 g/mol. The van der Waals surface area contributed by atoms with Gasteiger partial charge in [0, 0.05) is 17.1 Å². The summed E-state index contributed by atoms with van der Waals surface area (Å²) in [5.74, 6) is 0. The predicted octanol–water partition coefficient (Wildman–Crippen LogP) is 3.21. The van der Waals surface area contributed by atoms with Gasteiger partial charge in [-0.2, -0.15) is 0 Å². The van der Waals surface area contributed by atoms with Crippen LogP contribution in [0, 0.1) is 0 Å². The van der Waals surface area contributed by atoms with Crippen molar-refractivity contribution < 1.29 is 0 Å². The van der Waals surface area contributed by atoms with Crippen LogP contribution in [0.15, 0.2) is 23.0 Å². The average Bonchev–Trinajstić information content (AvgIpc) is 2.74. The highest BCUT2D eigenvalue weighted by molar-refractivity contribution is 6.31. The number of aromatic nitrogens is 2. The van der Waals surface area contributed by atoms with E-state index >= 15 is 0 Å². The lowest BCUT2D eigenvalue weighted by Crippen LogP contribution is -2.31. The molecule has 1 aromatic heterocycles. The van der Waals surface area contributed by atoms with Crippen LogP contribution >= 0.6 is 23.4 Å². The van der Waals surface area contributed by atoms with E-state index in [4.69, 9.17) is 23.4 Å². The molecule has 1 fully saturated rings. The highest BCUT2D eigenvalue weighted by atomic mass is 35.5. The molecule has 1 saturated carbocycles. The number of imidazole rings is 1. The summed E-state index contributed by atoms with van der Waals surface area (Å²) in [5.41, 5.74) is 1.67. The van der Waals surface area contributed by atoms with Crippen LogP contribution in [0.3, 0.4) is 0 Å². The Balaban J connectivity index is 1.98. The number of benzene rings is 1. The Morgan fingerprint density at radius 1 is 1.26 bits per heavy atom. The molecule has 1 aliphatic carbocycles. The van der Waals surface area contributed by atoms with E-state index in [0.29, 0.717) is 11.1 Å². The summed E-state index contributed by atoms with van der Waals surface area (Å²) < 4.78 is 1.84. The van der Waals surface area contributed by atoms with Crippen molar-refractivity contribution in [1.82, 2.24) is 14.4 Å². The van der Waals surface area contributed by atoms with Gasteiger partial charge in [-0.25, -0.2) is 9.63 Å². The van der Waals surface area contributed by atoms with E-state index in [1.54, 1.807) is 6.07 Å². The average molecular weight is 300 g/mol. The minimum atomic E-state index is -0.0560. The van der Waals surface area contributed by atoms with Gasteiger partial charge in [-0.1, -0.05) is 11.6 Å². The van der Waals surface area contributed by atoms with E-state index in [1.165, 1.54) is 0 Å². The van der Waals surface area contributed by atoms with Gasteiger partial charge in [0.25, 0.3) is 0 Å². The zero-order chi connectivity index (χ0) is 13.4. The molecule has 1 heterocycles. The lowest BCUT2D eigenvalue weighted by Gasteiger charge is -2.28. The Hall–Kier alpha value is -0.970. The van der Waals surface area contributed by atoms with Crippen molar-refractivity contribution in [2.45, 2.75) is 37.8 Å². The van der Waals surface area contributed by atoms with Crippen LogP contribution < -0.4 is 10.5 Å². The Morgan fingerprint density at radius 3 is 2.68 bits per heavy atom. The first-order chi connectivity index (χ1) is 9.19. The molecule has 0 amide bonds. The summed E-state index contributed by atoms with van der Waals surface area (Å²) in [6, 6.07) is 6.06. The van der Waals surface area contributed by atoms with Gasteiger partial charge in [-0.3, -0.25) is 4.57 Å². The van der Waals surface area contributed by atoms with Crippen molar-refractivity contribution in [3.63, 3.8) is 0 Å². The number of halogens is 2. The number of nitrogens with one attached hydrogen (secondary N) is 2. The van der Waals surface area contributed by atoms with Crippen LogP contribution in [0.1, 0.15) is 31.7 Å². The second-order valence-corrected chi connectivity index (χ2v) is 5.73. The standard InChI is InChI=1S/C13H15Cl2N3O/c14-8-1-6-11-12(7-8)18(13(19)16-11)10-4-2-9(17-15)3-5-10/h1,6-7,9-10,17H,2-5H2,(H,16,19). The van der Waals surface area contributed by atoms with E-state index in [9.17, 15) is 4.79 Å². The second-order valence-electron chi connectivity index (χ2n) is 5.08. The molecule has 1 aliphatic rings. The number of H-pyrrole nitrogens is 1. The molecule has 6 heteroatoms.